The van der Waals surface area contributed by atoms with Gasteiger partial charge < -0.3 is 5.73 Å². The molecule has 2 aromatic carbocycles. The SMILES string of the molecule is CN(C)S(=O)(=O)c1ccc(CN(CCN)Cc2ccccc2)cc1.Cl. The van der Waals surface area contributed by atoms with E-state index in [4.69, 9.17) is 5.73 Å². The van der Waals surface area contributed by atoms with Gasteiger partial charge in [-0.2, -0.15) is 0 Å². The summed E-state index contributed by atoms with van der Waals surface area (Å²) in [5.41, 5.74) is 8.03. The van der Waals surface area contributed by atoms with E-state index in [1.807, 2.05) is 30.3 Å². The smallest absolute Gasteiger partial charge is 0.242 e. The molecule has 0 unspecified atom stereocenters. The highest BCUT2D eigenvalue weighted by Crippen LogP contribution is 2.16. The van der Waals surface area contributed by atoms with Crippen LogP contribution in [0.5, 0.6) is 0 Å². The van der Waals surface area contributed by atoms with E-state index < -0.39 is 10.0 Å². The van der Waals surface area contributed by atoms with Gasteiger partial charge >= 0.3 is 0 Å². The second-order valence-electron chi connectivity index (χ2n) is 5.92. The quantitative estimate of drug-likeness (QED) is 0.759. The molecule has 0 radical (unpaired) electrons. The summed E-state index contributed by atoms with van der Waals surface area (Å²) in [4.78, 5) is 2.56. The van der Waals surface area contributed by atoms with Crippen LogP contribution >= 0.6 is 12.4 Å². The van der Waals surface area contributed by atoms with E-state index in [1.54, 1.807) is 12.1 Å². The molecule has 0 fully saturated rings. The molecule has 25 heavy (non-hydrogen) atoms. The van der Waals surface area contributed by atoms with Crippen molar-refractivity contribution in [2.24, 2.45) is 5.73 Å². The van der Waals surface area contributed by atoms with Crippen molar-refractivity contribution in [2.45, 2.75) is 18.0 Å². The van der Waals surface area contributed by atoms with Crippen LogP contribution in [-0.2, 0) is 23.1 Å². The molecule has 0 aliphatic carbocycles. The van der Waals surface area contributed by atoms with Crippen LogP contribution in [0.25, 0.3) is 0 Å². The van der Waals surface area contributed by atoms with Gasteiger partial charge in [0.2, 0.25) is 10.0 Å². The maximum absolute atomic E-state index is 12.1. The Labute approximate surface area is 156 Å². The first kappa shape index (κ1) is 21.6. The Morgan fingerprint density at radius 2 is 1.40 bits per heavy atom. The minimum atomic E-state index is -3.38. The lowest BCUT2D eigenvalue weighted by atomic mass is 10.1. The zero-order valence-electron chi connectivity index (χ0n) is 14.6. The minimum Gasteiger partial charge on any atom is -0.329 e. The highest BCUT2D eigenvalue weighted by molar-refractivity contribution is 7.89. The third kappa shape index (κ3) is 6.09. The third-order valence-electron chi connectivity index (χ3n) is 3.80. The highest BCUT2D eigenvalue weighted by atomic mass is 35.5. The zero-order chi connectivity index (χ0) is 17.6. The Bertz CT molecular complexity index is 735. The average Bonchev–Trinajstić information content (AvgIpc) is 2.56. The third-order valence-corrected chi connectivity index (χ3v) is 5.63. The molecule has 0 saturated carbocycles. The van der Waals surface area contributed by atoms with Crippen molar-refractivity contribution in [1.29, 1.82) is 0 Å². The summed E-state index contributed by atoms with van der Waals surface area (Å²) < 4.78 is 25.4. The fraction of sp³-hybridized carbons (Fsp3) is 0.333. The average molecular weight is 384 g/mol. The van der Waals surface area contributed by atoms with Crippen LogP contribution in [-0.4, -0.2) is 44.8 Å². The molecule has 2 rings (SSSR count). The van der Waals surface area contributed by atoms with Crippen LogP contribution in [0, 0.1) is 0 Å². The first-order valence-electron chi connectivity index (χ1n) is 7.91. The van der Waals surface area contributed by atoms with E-state index in [1.165, 1.54) is 24.0 Å². The van der Waals surface area contributed by atoms with E-state index in [9.17, 15) is 8.42 Å². The molecule has 5 nitrogen and oxygen atoms in total. The van der Waals surface area contributed by atoms with Gasteiger partial charge in [0.25, 0.3) is 0 Å². The summed E-state index contributed by atoms with van der Waals surface area (Å²) >= 11 is 0. The van der Waals surface area contributed by atoms with Gasteiger partial charge in [-0.15, -0.1) is 12.4 Å². The summed E-state index contributed by atoms with van der Waals surface area (Å²) in [5.74, 6) is 0. The summed E-state index contributed by atoms with van der Waals surface area (Å²) in [6.45, 7) is 2.91. The van der Waals surface area contributed by atoms with Gasteiger partial charge in [-0.1, -0.05) is 42.5 Å². The molecular weight excluding hydrogens is 358 g/mol. The normalized spacial score (nSPS) is 11.6. The van der Waals surface area contributed by atoms with Gasteiger partial charge in [0.15, 0.2) is 0 Å². The molecule has 0 bridgehead atoms. The van der Waals surface area contributed by atoms with Gasteiger partial charge in [0.1, 0.15) is 0 Å². The summed E-state index contributed by atoms with van der Waals surface area (Å²) in [5, 5.41) is 0. The monoisotopic (exact) mass is 383 g/mol. The number of halogens is 1. The molecule has 138 valence electrons. The van der Waals surface area contributed by atoms with E-state index in [2.05, 4.69) is 17.0 Å². The van der Waals surface area contributed by atoms with Gasteiger partial charge in [-0.25, -0.2) is 12.7 Å². The molecule has 0 saturated heterocycles. The predicted molar refractivity (Wildman–Crippen MR) is 104 cm³/mol. The number of benzene rings is 2. The fourth-order valence-corrected chi connectivity index (χ4v) is 3.38. The second kappa shape index (κ2) is 9.89. The molecule has 0 heterocycles. The first-order valence-corrected chi connectivity index (χ1v) is 9.35. The number of sulfonamides is 1. The maximum atomic E-state index is 12.1. The lowest BCUT2D eigenvalue weighted by molar-refractivity contribution is 0.264. The summed E-state index contributed by atoms with van der Waals surface area (Å²) in [7, 11) is -0.314. The number of rotatable bonds is 8. The van der Waals surface area contributed by atoms with Crippen molar-refractivity contribution >= 4 is 22.4 Å². The van der Waals surface area contributed by atoms with Crippen molar-refractivity contribution in [3.63, 3.8) is 0 Å². The Balaban J connectivity index is 0.00000312. The molecule has 0 amide bonds. The topological polar surface area (TPSA) is 66.6 Å². The van der Waals surface area contributed by atoms with Crippen LogP contribution in [0.3, 0.4) is 0 Å². The van der Waals surface area contributed by atoms with Crippen LogP contribution in [0.4, 0.5) is 0 Å². The molecule has 7 heteroatoms. The largest absolute Gasteiger partial charge is 0.329 e. The van der Waals surface area contributed by atoms with E-state index in [0.717, 1.165) is 25.2 Å². The van der Waals surface area contributed by atoms with Crippen molar-refractivity contribution < 1.29 is 8.42 Å². The summed E-state index contributed by atoms with van der Waals surface area (Å²) in [6.07, 6.45) is 0. The molecule has 0 aromatic heterocycles. The minimum absolute atomic E-state index is 0. The number of nitrogens with zero attached hydrogens (tertiary/aromatic N) is 2. The molecule has 0 spiro atoms. The Morgan fingerprint density at radius 3 is 1.88 bits per heavy atom. The van der Waals surface area contributed by atoms with Gasteiger partial charge in [0, 0.05) is 40.3 Å². The molecule has 2 aromatic rings. The molecule has 0 aliphatic heterocycles. The number of nitrogens with two attached hydrogens (primary N) is 1. The standard InChI is InChI=1S/C18H25N3O2S.ClH/c1-20(2)24(22,23)18-10-8-17(9-11-18)15-21(13-12-19)14-16-6-4-3-5-7-16;/h3-11H,12-15,19H2,1-2H3;1H. The van der Waals surface area contributed by atoms with Gasteiger partial charge in [-0.05, 0) is 23.3 Å². The Morgan fingerprint density at radius 1 is 0.880 bits per heavy atom. The van der Waals surface area contributed by atoms with E-state index >= 15 is 0 Å². The van der Waals surface area contributed by atoms with Crippen molar-refractivity contribution in [2.75, 3.05) is 27.2 Å². The Kier molecular flexibility index (Phi) is 8.55. The van der Waals surface area contributed by atoms with Crippen LogP contribution in [0.2, 0.25) is 0 Å². The number of hydrogen-bond donors (Lipinski definition) is 1. The highest BCUT2D eigenvalue weighted by Gasteiger charge is 2.16. The molecular formula is C18H26ClN3O2S. The predicted octanol–water partition coefficient (Wildman–Crippen LogP) is 2.32. The maximum Gasteiger partial charge on any atom is 0.242 e. The summed E-state index contributed by atoms with van der Waals surface area (Å²) in [6, 6.07) is 17.3. The zero-order valence-corrected chi connectivity index (χ0v) is 16.3. The molecule has 2 N–H and O–H groups in total. The van der Waals surface area contributed by atoms with Gasteiger partial charge in [0.05, 0.1) is 4.90 Å². The van der Waals surface area contributed by atoms with Crippen LogP contribution < -0.4 is 5.73 Å². The molecule has 0 atom stereocenters. The number of hydrogen-bond acceptors (Lipinski definition) is 4. The lowest BCUT2D eigenvalue weighted by Crippen LogP contribution is -2.28. The van der Waals surface area contributed by atoms with E-state index in [0.29, 0.717) is 11.4 Å². The van der Waals surface area contributed by atoms with Crippen LogP contribution in [0.1, 0.15) is 11.1 Å². The van der Waals surface area contributed by atoms with E-state index in [-0.39, 0.29) is 12.4 Å². The van der Waals surface area contributed by atoms with Crippen molar-refractivity contribution in [3.05, 3.63) is 65.7 Å². The van der Waals surface area contributed by atoms with Crippen molar-refractivity contribution in [1.82, 2.24) is 9.21 Å². The Hall–Kier alpha value is -1.44. The fourth-order valence-electron chi connectivity index (χ4n) is 2.47. The first-order chi connectivity index (χ1) is 11.4. The second-order valence-corrected chi connectivity index (χ2v) is 8.07. The van der Waals surface area contributed by atoms with Crippen LogP contribution in [0.15, 0.2) is 59.5 Å². The molecule has 0 aliphatic rings. The van der Waals surface area contributed by atoms with Gasteiger partial charge in [-0.3, -0.25) is 4.90 Å². The lowest BCUT2D eigenvalue weighted by Gasteiger charge is -2.22. The van der Waals surface area contributed by atoms with Crippen molar-refractivity contribution in [3.8, 4) is 0 Å².